The predicted octanol–water partition coefficient (Wildman–Crippen LogP) is 11.1. The number of allylic oxidation sites excluding steroid dienone is 6. The molecule has 0 amide bonds. The van der Waals surface area contributed by atoms with Crippen molar-refractivity contribution in [3.05, 3.63) is 48.6 Å². The van der Waals surface area contributed by atoms with Crippen molar-refractivity contribution in [2.45, 2.75) is 126 Å². The van der Waals surface area contributed by atoms with E-state index in [1.807, 2.05) is 13.8 Å². The van der Waals surface area contributed by atoms with Crippen LogP contribution in [-0.2, 0) is 0 Å². The predicted molar refractivity (Wildman–Crippen MR) is 152 cm³/mol. The van der Waals surface area contributed by atoms with Gasteiger partial charge in [0.15, 0.2) is 0 Å². The van der Waals surface area contributed by atoms with Gasteiger partial charge in [-0.3, -0.25) is 0 Å². The molecule has 0 saturated heterocycles. The molecule has 0 nitrogen and oxygen atoms in total. The van der Waals surface area contributed by atoms with Crippen LogP contribution in [-0.4, -0.2) is 0 Å². The summed E-state index contributed by atoms with van der Waals surface area (Å²) in [5.41, 5.74) is 3.90. The molecule has 0 aromatic heterocycles. The summed E-state index contributed by atoms with van der Waals surface area (Å²) in [7, 11) is 0. The van der Waals surface area contributed by atoms with Crippen LogP contribution in [0, 0.1) is 34.5 Å². The molecule has 0 bridgehead atoms. The van der Waals surface area contributed by atoms with Crippen LogP contribution in [0.25, 0.3) is 0 Å². The van der Waals surface area contributed by atoms with Crippen LogP contribution < -0.4 is 0 Å². The maximum atomic E-state index is 4.11. The lowest BCUT2D eigenvalue weighted by molar-refractivity contribution is 0.125. The smallest absolute Gasteiger partial charge is 0.0143 e. The molecule has 190 valence electrons. The summed E-state index contributed by atoms with van der Waals surface area (Å²) in [6.07, 6.45) is 23.8. The van der Waals surface area contributed by atoms with Crippen LogP contribution >= 0.6 is 0 Å². The number of hydrogen-bond donors (Lipinski definition) is 0. The minimum Gasteiger partial charge on any atom is -0.103 e. The van der Waals surface area contributed by atoms with Gasteiger partial charge in [-0.05, 0) is 97.9 Å². The fraction of sp³-hybridized carbons (Fsp3) is 0.758. The van der Waals surface area contributed by atoms with E-state index in [1.165, 1.54) is 56.9 Å². The van der Waals surface area contributed by atoms with Gasteiger partial charge in [0.05, 0.1) is 0 Å². The molecule has 2 aliphatic rings. The van der Waals surface area contributed by atoms with Gasteiger partial charge in [0.2, 0.25) is 0 Å². The van der Waals surface area contributed by atoms with E-state index in [4.69, 9.17) is 0 Å². The molecule has 5 unspecified atom stereocenters. The molecule has 0 heteroatoms. The highest BCUT2D eigenvalue weighted by Crippen LogP contribution is 2.58. The lowest BCUT2D eigenvalue weighted by Gasteiger charge is -2.42. The quantitative estimate of drug-likeness (QED) is 0.203. The van der Waals surface area contributed by atoms with Gasteiger partial charge in [0, 0.05) is 0 Å². The fourth-order valence-corrected chi connectivity index (χ4v) is 6.16. The summed E-state index contributed by atoms with van der Waals surface area (Å²) in [5.74, 6) is 3.43. The zero-order valence-corrected chi connectivity index (χ0v) is 23.8. The standard InChI is InChI=1S/C31H52.C2H6/c1-9-26(21-23-30(7,10-2)11-3)17-18-27-15-13-22-31(8)28(19-20-29(27)31)16-12-14-25(6)24(4)5;1-2/h9-10,17-18,24-25,28-29H,1-2,11-16,19-23H2,3-8H3;1-2H3/b26-17-,27-18+;. The second kappa shape index (κ2) is 14.4. The Morgan fingerprint density at radius 1 is 1.18 bits per heavy atom. The van der Waals surface area contributed by atoms with E-state index in [0.717, 1.165) is 42.9 Å². The van der Waals surface area contributed by atoms with Crippen LogP contribution in [0.3, 0.4) is 0 Å². The first kappa shape index (κ1) is 30.0. The average Bonchev–Trinajstić information content (AvgIpc) is 3.16. The summed E-state index contributed by atoms with van der Waals surface area (Å²) in [5, 5.41) is 0. The van der Waals surface area contributed by atoms with Crippen molar-refractivity contribution >= 4 is 0 Å². The molecule has 0 aromatic carbocycles. The van der Waals surface area contributed by atoms with Crippen molar-refractivity contribution in [1.82, 2.24) is 0 Å². The third-order valence-corrected chi connectivity index (χ3v) is 9.57. The van der Waals surface area contributed by atoms with Gasteiger partial charge in [-0.2, -0.15) is 0 Å². The molecule has 0 radical (unpaired) electrons. The van der Waals surface area contributed by atoms with E-state index < -0.39 is 0 Å². The summed E-state index contributed by atoms with van der Waals surface area (Å²) in [6, 6.07) is 0. The molecule has 2 fully saturated rings. The topological polar surface area (TPSA) is 0 Å². The summed E-state index contributed by atoms with van der Waals surface area (Å²) >= 11 is 0. The second-order valence-electron chi connectivity index (χ2n) is 11.7. The molecule has 0 aromatic rings. The maximum absolute atomic E-state index is 4.11. The minimum atomic E-state index is 0.240. The number of rotatable bonds is 12. The van der Waals surface area contributed by atoms with Crippen LogP contribution in [0.4, 0.5) is 0 Å². The maximum Gasteiger partial charge on any atom is -0.0143 e. The molecule has 2 aliphatic carbocycles. The van der Waals surface area contributed by atoms with Crippen LogP contribution in [0.1, 0.15) is 126 Å². The zero-order chi connectivity index (χ0) is 25.1. The van der Waals surface area contributed by atoms with Crippen molar-refractivity contribution in [2.75, 3.05) is 0 Å². The Hall–Kier alpha value is -1.04. The van der Waals surface area contributed by atoms with Crippen LogP contribution in [0.15, 0.2) is 48.6 Å². The van der Waals surface area contributed by atoms with Crippen LogP contribution in [0.5, 0.6) is 0 Å². The van der Waals surface area contributed by atoms with Gasteiger partial charge in [0.25, 0.3) is 0 Å². The van der Waals surface area contributed by atoms with Gasteiger partial charge in [-0.25, -0.2) is 0 Å². The highest BCUT2D eigenvalue weighted by molar-refractivity contribution is 5.28. The summed E-state index contributed by atoms with van der Waals surface area (Å²) in [6.45, 7) is 26.6. The van der Waals surface area contributed by atoms with E-state index in [1.54, 1.807) is 5.57 Å². The van der Waals surface area contributed by atoms with Crippen molar-refractivity contribution < 1.29 is 0 Å². The Bertz CT molecular complexity index is 647. The summed E-state index contributed by atoms with van der Waals surface area (Å²) in [4.78, 5) is 0. The highest BCUT2D eigenvalue weighted by Gasteiger charge is 2.48. The van der Waals surface area contributed by atoms with E-state index in [9.17, 15) is 0 Å². The SMILES string of the molecule is C=C/C(=C/C=C1\CCCC2(C)C(CCCC(C)C(C)C)CCC12)CCC(C)(C=C)CC.CC. The Kier molecular flexibility index (Phi) is 13.1. The third-order valence-electron chi connectivity index (χ3n) is 9.57. The third kappa shape index (κ3) is 8.29. The molecule has 0 N–H and O–H groups in total. The Morgan fingerprint density at radius 2 is 1.88 bits per heavy atom. The first-order chi connectivity index (χ1) is 15.7. The van der Waals surface area contributed by atoms with Gasteiger partial charge in [0.1, 0.15) is 0 Å². The summed E-state index contributed by atoms with van der Waals surface area (Å²) < 4.78 is 0. The minimum absolute atomic E-state index is 0.240. The van der Waals surface area contributed by atoms with E-state index >= 15 is 0 Å². The van der Waals surface area contributed by atoms with Crippen molar-refractivity contribution in [1.29, 1.82) is 0 Å². The first-order valence-electron chi connectivity index (χ1n) is 14.3. The lowest BCUT2D eigenvalue weighted by Crippen LogP contribution is -2.33. The van der Waals surface area contributed by atoms with Crippen molar-refractivity contribution in [2.24, 2.45) is 34.5 Å². The van der Waals surface area contributed by atoms with E-state index in [-0.39, 0.29) is 5.41 Å². The first-order valence-corrected chi connectivity index (χ1v) is 14.3. The molecule has 0 heterocycles. The second-order valence-corrected chi connectivity index (χ2v) is 11.7. The fourth-order valence-electron chi connectivity index (χ4n) is 6.16. The van der Waals surface area contributed by atoms with Crippen molar-refractivity contribution in [3.8, 4) is 0 Å². The molecule has 2 rings (SSSR count). The molecular formula is C33H58. The zero-order valence-electron chi connectivity index (χ0n) is 23.8. The van der Waals surface area contributed by atoms with Gasteiger partial charge >= 0.3 is 0 Å². The molecule has 0 spiro atoms. The highest BCUT2D eigenvalue weighted by atomic mass is 14.5. The molecule has 0 aliphatic heterocycles. The Morgan fingerprint density at radius 3 is 2.45 bits per heavy atom. The molecule has 5 atom stereocenters. The number of fused-ring (bicyclic) bond motifs is 1. The number of hydrogen-bond acceptors (Lipinski definition) is 0. The van der Waals surface area contributed by atoms with Gasteiger partial charge in [-0.1, -0.05) is 105 Å². The van der Waals surface area contributed by atoms with E-state index in [0.29, 0.717) is 5.41 Å². The normalized spacial score (nSPS) is 29.1. The van der Waals surface area contributed by atoms with Gasteiger partial charge in [-0.15, -0.1) is 6.58 Å². The Balaban J connectivity index is 0.00000265. The van der Waals surface area contributed by atoms with Crippen LogP contribution in [0.2, 0.25) is 0 Å². The lowest BCUT2D eigenvalue weighted by atomic mass is 9.62. The largest absolute Gasteiger partial charge is 0.103 e. The monoisotopic (exact) mass is 454 g/mol. The Labute approximate surface area is 209 Å². The molecular weight excluding hydrogens is 396 g/mol. The molecule has 2 saturated carbocycles. The van der Waals surface area contributed by atoms with Gasteiger partial charge < -0.3 is 0 Å². The van der Waals surface area contributed by atoms with E-state index in [2.05, 4.69) is 79.0 Å². The van der Waals surface area contributed by atoms with Crippen molar-refractivity contribution in [3.63, 3.8) is 0 Å². The average molecular weight is 455 g/mol. The molecule has 33 heavy (non-hydrogen) atoms.